The smallest absolute Gasteiger partial charge is 0.263 e. The van der Waals surface area contributed by atoms with Gasteiger partial charge in [0.15, 0.2) is 6.61 Å². The number of hydrogen-bond acceptors (Lipinski definition) is 4. The second-order valence-corrected chi connectivity index (χ2v) is 6.10. The molecule has 0 saturated heterocycles. The summed E-state index contributed by atoms with van der Waals surface area (Å²) in [6.45, 7) is 1.90. The number of ether oxygens (including phenoxy) is 1. The summed E-state index contributed by atoms with van der Waals surface area (Å²) >= 11 is 5.96. The zero-order valence-electron chi connectivity index (χ0n) is 14.2. The first kappa shape index (κ1) is 17.8. The van der Waals surface area contributed by atoms with E-state index in [0.29, 0.717) is 16.6 Å². The maximum absolute atomic E-state index is 11.9. The topological polar surface area (TPSA) is 63.2 Å². The molecule has 0 bridgehead atoms. The van der Waals surface area contributed by atoms with E-state index in [2.05, 4.69) is 15.6 Å². The SMILES string of the molecule is Cc1cc(Cl)ccc1Nc1ccc(NC(=O)COc2ccccc2)nc1. The van der Waals surface area contributed by atoms with Crippen LogP contribution in [0.4, 0.5) is 17.2 Å². The van der Waals surface area contributed by atoms with Crippen molar-refractivity contribution >= 4 is 34.7 Å². The van der Waals surface area contributed by atoms with Crippen molar-refractivity contribution in [3.8, 4) is 5.75 Å². The number of rotatable bonds is 6. The van der Waals surface area contributed by atoms with E-state index in [1.807, 2.05) is 49.4 Å². The first-order valence-corrected chi connectivity index (χ1v) is 8.45. The minimum Gasteiger partial charge on any atom is -0.484 e. The van der Waals surface area contributed by atoms with Crippen molar-refractivity contribution in [3.05, 3.63) is 77.4 Å². The molecule has 26 heavy (non-hydrogen) atoms. The fraction of sp³-hybridized carbons (Fsp3) is 0.100. The molecule has 2 N–H and O–H groups in total. The molecular formula is C20H18ClN3O2. The Hall–Kier alpha value is -3.05. The molecule has 0 fully saturated rings. The number of nitrogens with zero attached hydrogens (tertiary/aromatic N) is 1. The van der Waals surface area contributed by atoms with Crippen molar-refractivity contribution in [1.82, 2.24) is 4.98 Å². The van der Waals surface area contributed by atoms with Crippen LogP contribution >= 0.6 is 11.6 Å². The number of aromatic nitrogens is 1. The molecule has 0 spiro atoms. The molecular weight excluding hydrogens is 350 g/mol. The van der Waals surface area contributed by atoms with Crippen molar-refractivity contribution in [3.63, 3.8) is 0 Å². The average molecular weight is 368 g/mol. The van der Waals surface area contributed by atoms with Crippen molar-refractivity contribution in [2.45, 2.75) is 6.92 Å². The Morgan fingerprint density at radius 3 is 2.62 bits per heavy atom. The van der Waals surface area contributed by atoms with Gasteiger partial charge in [-0.2, -0.15) is 0 Å². The molecule has 0 aliphatic carbocycles. The number of pyridine rings is 1. The lowest BCUT2D eigenvalue weighted by Crippen LogP contribution is -2.20. The fourth-order valence-electron chi connectivity index (χ4n) is 2.31. The van der Waals surface area contributed by atoms with E-state index >= 15 is 0 Å². The summed E-state index contributed by atoms with van der Waals surface area (Å²) < 4.78 is 5.40. The molecule has 0 aliphatic rings. The highest BCUT2D eigenvalue weighted by Crippen LogP contribution is 2.23. The first-order valence-electron chi connectivity index (χ1n) is 8.07. The van der Waals surface area contributed by atoms with E-state index in [9.17, 15) is 4.79 Å². The highest BCUT2D eigenvalue weighted by molar-refractivity contribution is 6.30. The Bertz CT molecular complexity index is 883. The zero-order valence-corrected chi connectivity index (χ0v) is 15.0. The maximum Gasteiger partial charge on any atom is 0.263 e. The highest BCUT2D eigenvalue weighted by Gasteiger charge is 2.05. The number of carbonyl (C=O) groups is 1. The summed E-state index contributed by atoms with van der Waals surface area (Å²) in [5.74, 6) is 0.842. The number of amides is 1. The van der Waals surface area contributed by atoms with Gasteiger partial charge in [-0.1, -0.05) is 29.8 Å². The Balaban J connectivity index is 1.54. The summed E-state index contributed by atoms with van der Waals surface area (Å²) in [5.41, 5.74) is 2.80. The molecule has 3 aromatic rings. The maximum atomic E-state index is 11.9. The van der Waals surface area contributed by atoms with Crippen LogP contribution in [0.2, 0.25) is 5.02 Å². The van der Waals surface area contributed by atoms with E-state index in [4.69, 9.17) is 16.3 Å². The predicted molar refractivity (Wildman–Crippen MR) is 104 cm³/mol. The molecule has 2 aromatic carbocycles. The highest BCUT2D eigenvalue weighted by atomic mass is 35.5. The van der Waals surface area contributed by atoms with E-state index in [0.717, 1.165) is 16.9 Å². The number of hydrogen-bond donors (Lipinski definition) is 2. The van der Waals surface area contributed by atoms with Gasteiger partial charge < -0.3 is 15.4 Å². The molecule has 3 rings (SSSR count). The summed E-state index contributed by atoms with van der Waals surface area (Å²) in [7, 11) is 0. The molecule has 0 saturated carbocycles. The third kappa shape index (κ3) is 4.97. The normalized spacial score (nSPS) is 10.2. The number of aryl methyl sites for hydroxylation is 1. The molecule has 1 aromatic heterocycles. The van der Waals surface area contributed by atoms with Gasteiger partial charge in [0.25, 0.3) is 5.91 Å². The van der Waals surface area contributed by atoms with Gasteiger partial charge in [0.2, 0.25) is 0 Å². The number of halogens is 1. The summed E-state index contributed by atoms with van der Waals surface area (Å²) in [5, 5.41) is 6.67. The third-order valence-electron chi connectivity index (χ3n) is 3.61. The summed E-state index contributed by atoms with van der Waals surface area (Å²) in [4.78, 5) is 16.2. The standard InChI is InChI=1S/C20H18ClN3O2/c1-14-11-15(21)7-9-18(14)23-16-8-10-19(22-12-16)24-20(25)13-26-17-5-3-2-4-6-17/h2-12,23H,13H2,1H3,(H,22,24,25). The number of para-hydroxylation sites is 1. The molecule has 0 atom stereocenters. The lowest BCUT2D eigenvalue weighted by molar-refractivity contribution is -0.118. The third-order valence-corrected chi connectivity index (χ3v) is 3.85. The molecule has 132 valence electrons. The van der Waals surface area contributed by atoms with E-state index in [1.54, 1.807) is 24.4 Å². The van der Waals surface area contributed by atoms with Crippen LogP contribution in [0.3, 0.4) is 0 Å². The number of benzene rings is 2. The van der Waals surface area contributed by atoms with Crippen molar-refractivity contribution < 1.29 is 9.53 Å². The van der Waals surface area contributed by atoms with Gasteiger partial charge in [0, 0.05) is 10.7 Å². The van der Waals surface area contributed by atoms with Crippen LogP contribution in [0.25, 0.3) is 0 Å². The quantitative estimate of drug-likeness (QED) is 0.656. The van der Waals surface area contributed by atoms with Crippen molar-refractivity contribution in [2.24, 2.45) is 0 Å². The van der Waals surface area contributed by atoms with E-state index < -0.39 is 0 Å². The van der Waals surface area contributed by atoms with Gasteiger partial charge >= 0.3 is 0 Å². The average Bonchev–Trinajstić information content (AvgIpc) is 2.65. The Morgan fingerprint density at radius 1 is 1.12 bits per heavy atom. The second kappa shape index (κ2) is 8.36. The van der Waals surface area contributed by atoms with Gasteiger partial charge in [-0.05, 0) is 55.0 Å². The van der Waals surface area contributed by atoms with Gasteiger partial charge in [-0.25, -0.2) is 4.98 Å². The van der Waals surface area contributed by atoms with Crippen LogP contribution in [0.15, 0.2) is 66.9 Å². The first-order chi connectivity index (χ1) is 12.6. The van der Waals surface area contributed by atoms with Crippen molar-refractivity contribution in [1.29, 1.82) is 0 Å². The predicted octanol–water partition coefficient (Wildman–Crippen LogP) is 4.80. The van der Waals surface area contributed by atoms with Gasteiger partial charge in [0.1, 0.15) is 11.6 Å². The zero-order chi connectivity index (χ0) is 18.4. The number of anilines is 3. The molecule has 5 nitrogen and oxygen atoms in total. The van der Waals surface area contributed by atoms with Gasteiger partial charge in [-0.15, -0.1) is 0 Å². The molecule has 1 amide bonds. The lowest BCUT2D eigenvalue weighted by Gasteiger charge is -2.11. The number of carbonyl (C=O) groups excluding carboxylic acids is 1. The summed E-state index contributed by atoms with van der Waals surface area (Å²) in [6, 6.07) is 18.4. The largest absolute Gasteiger partial charge is 0.484 e. The Kier molecular flexibility index (Phi) is 5.71. The van der Waals surface area contributed by atoms with Crippen LogP contribution in [-0.2, 0) is 4.79 Å². The van der Waals surface area contributed by atoms with E-state index in [-0.39, 0.29) is 12.5 Å². The molecule has 0 unspecified atom stereocenters. The monoisotopic (exact) mass is 367 g/mol. The lowest BCUT2D eigenvalue weighted by atomic mass is 10.2. The van der Waals surface area contributed by atoms with Crippen LogP contribution in [-0.4, -0.2) is 17.5 Å². The molecule has 0 radical (unpaired) electrons. The molecule has 0 aliphatic heterocycles. The summed E-state index contributed by atoms with van der Waals surface area (Å²) in [6.07, 6.45) is 1.65. The minimum absolute atomic E-state index is 0.0737. The molecule has 6 heteroatoms. The number of nitrogens with one attached hydrogen (secondary N) is 2. The van der Waals surface area contributed by atoms with Crippen LogP contribution in [0.1, 0.15) is 5.56 Å². The Labute approximate surface area is 157 Å². The molecule has 1 heterocycles. The Morgan fingerprint density at radius 2 is 1.92 bits per heavy atom. The van der Waals surface area contributed by atoms with Crippen LogP contribution < -0.4 is 15.4 Å². The second-order valence-electron chi connectivity index (χ2n) is 5.67. The minimum atomic E-state index is -0.268. The van der Waals surface area contributed by atoms with Gasteiger partial charge in [0.05, 0.1) is 11.9 Å². The van der Waals surface area contributed by atoms with Crippen LogP contribution in [0.5, 0.6) is 5.75 Å². The van der Waals surface area contributed by atoms with Gasteiger partial charge in [-0.3, -0.25) is 4.79 Å². The van der Waals surface area contributed by atoms with Crippen molar-refractivity contribution in [2.75, 3.05) is 17.2 Å². The van der Waals surface area contributed by atoms with Crippen LogP contribution in [0, 0.1) is 6.92 Å². The van der Waals surface area contributed by atoms with E-state index in [1.165, 1.54) is 0 Å². The fourth-order valence-corrected chi connectivity index (χ4v) is 2.54.